The van der Waals surface area contributed by atoms with E-state index in [9.17, 15) is 9.59 Å². The first-order chi connectivity index (χ1) is 14.1. The van der Waals surface area contributed by atoms with Crippen LogP contribution in [0.1, 0.15) is 57.1 Å². The van der Waals surface area contributed by atoms with Crippen molar-refractivity contribution in [1.82, 2.24) is 4.90 Å². The smallest absolute Gasteiger partial charge is 0.410 e. The van der Waals surface area contributed by atoms with E-state index in [1.807, 2.05) is 57.2 Å². The molecule has 1 aliphatic carbocycles. The Kier molecular flexibility index (Phi) is 6.34. The second-order valence-corrected chi connectivity index (χ2v) is 8.88. The van der Waals surface area contributed by atoms with E-state index in [1.165, 1.54) is 11.0 Å². The molecule has 1 fully saturated rings. The predicted molar refractivity (Wildman–Crippen MR) is 117 cm³/mol. The fraction of sp³-hybridized carbons (Fsp3) is 0.417. The molecule has 0 radical (unpaired) electrons. The van der Waals surface area contributed by atoms with Crippen molar-refractivity contribution in [2.24, 2.45) is 5.92 Å². The summed E-state index contributed by atoms with van der Waals surface area (Å²) < 4.78 is 11.2. The van der Waals surface area contributed by atoms with Gasteiger partial charge >= 0.3 is 6.09 Å². The van der Waals surface area contributed by atoms with Crippen LogP contribution in [0.4, 0.5) is 10.5 Å². The topological polar surface area (TPSA) is 71.8 Å². The summed E-state index contributed by atoms with van der Waals surface area (Å²) in [7, 11) is 1.67. The molecule has 1 aromatic carbocycles. The van der Waals surface area contributed by atoms with Crippen LogP contribution in [0.15, 0.2) is 46.9 Å². The molecule has 2 amide bonds. The van der Waals surface area contributed by atoms with Gasteiger partial charge in [0.25, 0.3) is 0 Å². The van der Waals surface area contributed by atoms with E-state index < -0.39 is 11.7 Å². The molecule has 0 aliphatic heterocycles. The van der Waals surface area contributed by atoms with Crippen LogP contribution in [0.2, 0.25) is 0 Å². The van der Waals surface area contributed by atoms with Crippen LogP contribution in [0, 0.1) is 5.92 Å². The van der Waals surface area contributed by atoms with Crippen molar-refractivity contribution >= 4 is 23.8 Å². The van der Waals surface area contributed by atoms with Gasteiger partial charge in [0.1, 0.15) is 17.1 Å². The number of para-hydroxylation sites is 1. The van der Waals surface area contributed by atoms with Crippen LogP contribution in [-0.4, -0.2) is 29.5 Å². The summed E-state index contributed by atoms with van der Waals surface area (Å²) in [5, 5.41) is 2.88. The summed E-state index contributed by atoms with van der Waals surface area (Å²) in [6.45, 7) is 8.00. The van der Waals surface area contributed by atoms with Gasteiger partial charge in [-0.2, -0.15) is 0 Å². The molecule has 6 heteroatoms. The van der Waals surface area contributed by atoms with Crippen molar-refractivity contribution in [3.8, 4) is 0 Å². The first-order valence-electron chi connectivity index (χ1n) is 10.2. The van der Waals surface area contributed by atoms with Gasteiger partial charge in [0, 0.05) is 24.7 Å². The minimum absolute atomic E-state index is 0.264. The third-order valence-electron chi connectivity index (χ3n) is 4.91. The molecule has 6 nitrogen and oxygen atoms in total. The van der Waals surface area contributed by atoms with Crippen LogP contribution in [-0.2, 0) is 16.1 Å². The normalized spacial score (nSPS) is 18.3. The molecule has 1 N–H and O–H groups in total. The highest BCUT2D eigenvalue weighted by Gasteiger charge is 2.36. The molecule has 1 aromatic heterocycles. The average Bonchev–Trinajstić information content (AvgIpc) is 3.20. The highest BCUT2D eigenvalue weighted by Crippen LogP contribution is 2.47. The van der Waals surface area contributed by atoms with Gasteiger partial charge in [0.2, 0.25) is 5.91 Å². The number of anilines is 1. The molecule has 0 bridgehead atoms. The second-order valence-electron chi connectivity index (χ2n) is 8.88. The number of rotatable bonds is 6. The molecule has 1 saturated carbocycles. The molecule has 2 unspecified atom stereocenters. The summed E-state index contributed by atoms with van der Waals surface area (Å²) >= 11 is 0. The Hall–Kier alpha value is -3.02. The van der Waals surface area contributed by atoms with Crippen LogP contribution in [0.5, 0.6) is 0 Å². The van der Waals surface area contributed by atoms with Crippen LogP contribution >= 0.6 is 0 Å². The maximum absolute atomic E-state index is 12.4. The molecule has 30 heavy (non-hydrogen) atoms. The molecule has 3 rings (SSSR count). The summed E-state index contributed by atoms with van der Waals surface area (Å²) in [5.41, 5.74) is 0.901. The van der Waals surface area contributed by atoms with Crippen LogP contribution < -0.4 is 5.32 Å². The maximum atomic E-state index is 12.4. The minimum Gasteiger partial charge on any atom is -0.461 e. The van der Waals surface area contributed by atoms with Crippen molar-refractivity contribution < 1.29 is 18.7 Å². The number of hydrogen-bond donors (Lipinski definition) is 1. The number of benzene rings is 1. The Morgan fingerprint density at radius 1 is 1.23 bits per heavy atom. The molecule has 0 saturated heterocycles. The third-order valence-corrected chi connectivity index (χ3v) is 4.91. The molecule has 160 valence electrons. The van der Waals surface area contributed by atoms with E-state index in [4.69, 9.17) is 9.15 Å². The summed E-state index contributed by atoms with van der Waals surface area (Å²) in [6, 6.07) is 11.2. The van der Waals surface area contributed by atoms with Crippen molar-refractivity contribution in [2.75, 3.05) is 12.4 Å². The number of amides is 2. The first-order valence-corrected chi connectivity index (χ1v) is 10.2. The minimum atomic E-state index is -0.562. The highest BCUT2D eigenvalue weighted by molar-refractivity contribution is 6.02. The van der Waals surface area contributed by atoms with E-state index in [2.05, 4.69) is 12.2 Å². The zero-order valence-electron chi connectivity index (χ0n) is 18.3. The second kappa shape index (κ2) is 8.78. The predicted octanol–water partition coefficient (Wildman–Crippen LogP) is 5.42. The van der Waals surface area contributed by atoms with Gasteiger partial charge in [-0.15, -0.1) is 0 Å². The lowest BCUT2D eigenvalue weighted by molar-refractivity contribution is -0.111. The van der Waals surface area contributed by atoms with Gasteiger partial charge in [-0.25, -0.2) is 4.79 Å². The van der Waals surface area contributed by atoms with E-state index in [1.54, 1.807) is 13.1 Å². The summed E-state index contributed by atoms with van der Waals surface area (Å²) in [5.74, 6) is 2.57. The molecule has 1 heterocycles. The Balaban J connectivity index is 1.60. The number of carbonyl (C=O) groups is 2. The monoisotopic (exact) mass is 410 g/mol. The van der Waals surface area contributed by atoms with Gasteiger partial charge in [0.15, 0.2) is 0 Å². The number of ether oxygens (including phenoxy) is 1. The van der Waals surface area contributed by atoms with Crippen LogP contribution in [0.25, 0.3) is 6.08 Å². The van der Waals surface area contributed by atoms with E-state index >= 15 is 0 Å². The maximum Gasteiger partial charge on any atom is 0.410 e. The molecule has 2 atom stereocenters. The number of furan rings is 1. The van der Waals surface area contributed by atoms with Gasteiger partial charge in [-0.3, -0.25) is 4.79 Å². The van der Waals surface area contributed by atoms with E-state index in [0.717, 1.165) is 17.7 Å². The van der Waals surface area contributed by atoms with Gasteiger partial charge in [-0.1, -0.05) is 25.1 Å². The Bertz CT molecular complexity index is 939. The number of nitrogens with one attached hydrogen (secondary N) is 1. The summed E-state index contributed by atoms with van der Waals surface area (Å²) in [4.78, 5) is 26.1. The zero-order chi connectivity index (χ0) is 21.9. The van der Waals surface area contributed by atoms with Crippen LogP contribution in [0.3, 0.4) is 0 Å². The summed E-state index contributed by atoms with van der Waals surface area (Å²) in [6.07, 6.45) is 3.86. The van der Waals surface area contributed by atoms with Crippen molar-refractivity contribution in [2.45, 2.75) is 52.2 Å². The zero-order valence-corrected chi connectivity index (χ0v) is 18.3. The van der Waals surface area contributed by atoms with Gasteiger partial charge in [-0.05, 0) is 62.9 Å². The first kappa shape index (κ1) is 21.7. The lowest BCUT2D eigenvalue weighted by Gasteiger charge is -2.25. The highest BCUT2D eigenvalue weighted by atomic mass is 16.6. The van der Waals surface area contributed by atoms with Crippen molar-refractivity contribution in [3.63, 3.8) is 0 Å². The lowest BCUT2D eigenvalue weighted by atomic mass is 10.1. The Labute approximate surface area is 177 Å². The molecule has 2 aromatic rings. The average molecular weight is 411 g/mol. The van der Waals surface area contributed by atoms with E-state index in [0.29, 0.717) is 29.8 Å². The third kappa shape index (κ3) is 5.99. The van der Waals surface area contributed by atoms with E-state index in [-0.39, 0.29) is 5.91 Å². The molecular formula is C24H30N2O4. The van der Waals surface area contributed by atoms with Gasteiger partial charge in [0.05, 0.1) is 6.54 Å². The standard InChI is InChI=1S/C24H30N2O4/c1-16-14-19(16)21-12-10-18(29-21)11-13-22(27)25-20-9-7-6-8-17(20)15-26(5)23(28)30-24(2,3)4/h6-13,16,19H,14-15H2,1-5H3,(H,25,27)/b13-11+. The Morgan fingerprint density at radius 3 is 2.60 bits per heavy atom. The quantitative estimate of drug-likeness (QED) is 0.645. The Morgan fingerprint density at radius 2 is 1.93 bits per heavy atom. The molecule has 0 spiro atoms. The number of hydrogen-bond acceptors (Lipinski definition) is 4. The van der Waals surface area contributed by atoms with Gasteiger partial charge < -0.3 is 19.4 Å². The fourth-order valence-corrected chi connectivity index (χ4v) is 3.15. The SMILES string of the molecule is CC1CC1c1ccc(/C=C/C(=O)Nc2ccccc2CN(C)C(=O)OC(C)(C)C)o1. The fourth-order valence-electron chi connectivity index (χ4n) is 3.15. The van der Waals surface area contributed by atoms with Crippen molar-refractivity contribution in [3.05, 3.63) is 59.6 Å². The molecular weight excluding hydrogens is 380 g/mol. The number of carbonyl (C=O) groups excluding carboxylic acids is 2. The lowest BCUT2D eigenvalue weighted by Crippen LogP contribution is -2.34. The number of nitrogens with zero attached hydrogens (tertiary/aromatic N) is 1. The molecule has 1 aliphatic rings. The largest absolute Gasteiger partial charge is 0.461 e. The van der Waals surface area contributed by atoms with Crippen molar-refractivity contribution in [1.29, 1.82) is 0 Å².